The van der Waals surface area contributed by atoms with Crippen LogP contribution in [0.4, 0.5) is 0 Å². The smallest absolute Gasteiger partial charge is 0.131 e. The molecule has 0 amide bonds. The molecule has 0 aromatic rings. The molecule has 1 spiro atoms. The molecule has 12 aliphatic rings. The van der Waals surface area contributed by atoms with Crippen LogP contribution in [0.2, 0.25) is 0 Å². The molecular weight excluding hydrogens is 757 g/mol. The van der Waals surface area contributed by atoms with E-state index in [-0.39, 0.29) is 29.8 Å². The summed E-state index contributed by atoms with van der Waals surface area (Å²) in [5, 5.41) is 18.4. The van der Waals surface area contributed by atoms with Gasteiger partial charge in [0.2, 0.25) is 0 Å². The Balaban J connectivity index is 0.824. The predicted molar refractivity (Wildman–Crippen MR) is 250 cm³/mol. The number of aliphatic imine (C=N–C) groups is 1. The Labute approximate surface area is 372 Å². The highest BCUT2D eigenvalue weighted by atomic mass is 16.5. The molecule has 326 valence electrons. The van der Waals surface area contributed by atoms with Crippen molar-refractivity contribution in [2.24, 2.45) is 87.3 Å². The van der Waals surface area contributed by atoms with Crippen LogP contribution in [0.1, 0.15) is 122 Å². The number of ether oxygens (including phenoxy) is 1. The molecule has 12 rings (SSSR count). The first-order valence-electron chi connectivity index (χ1n) is 25.9. The SMILES string of the molecule is N#CC1C=CC2OC3CCC(C4=CC(C5C=CCC(C6NC(C7=CCCC=C7)=NC(C7=CCCCC7)N6)C5)CC=C4)CC3C3(C4C=CCCC4C4C5CCC=CC5CCC43)C2C1. The Morgan fingerprint density at radius 3 is 2.52 bits per heavy atom. The summed E-state index contributed by atoms with van der Waals surface area (Å²) < 4.78 is 7.34. The highest BCUT2D eigenvalue weighted by Gasteiger charge is 2.71. The van der Waals surface area contributed by atoms with Crippen molar-refractivity contribution < 1.29 is 4.74 Å². The van der Waals surface area contributed by atoms with Gasteiger partial charge in [0.1, 0.15) is 12.0 Å². The van der Waals surface area contributed by atoms with Gasteiger partial charge in [-0.25, -0.2) is 4.99 Å². The van der Waals surface area contributed by atoms with E-state index in [1.54, 1.807) is 5.57 Å². The van der Waals surface area contributed by atoms with Crippen LogP contribution in [0, 0.1) is 93.7 Å². The van der Waals surface area contributed by atoms with Gasteiger partial charge >= 0.3 is 0 Å². The van der Waals surface area contributed by atoms with Gasteiger partial charge in [0.05, 0.1) is 30.4 Å². The highest BCUT2D eigenvalue weighted by Crippen LogP contribution is 2.74. The van der Waals surface area contributed by atoms with Crippen molar-refractivity contribution in [3.05, 3.63) is 108 Å². The number of rotatable bonds is 5. The highest BCUT2D eigenvalue weighted by molar-refractivity contribution is 6.01. The number of fused-ring (bicyclic) bond motifs is 11. The maximum atomic E-state index is 10.4. The Morgan fingerprint density at radius 2 is 1.63 bits per heavy atom. The summed E-state index contributed by atoms with van der Waals surface area (Å²) in [6.45, 7) is 0. The standard InChI is InChI=1S/C57H72N4O/c58-35-36-25-29-51-49(31-36)57(47-24-10-9-23-46(47)53-45-22-8-7-13-37(45)26-28-48(53)57)50-34-43(27-30-52(50)62-51)41-19-11-18-40(32-41)42-20-12-21-44(33-42)56-60-54(38-14-3-1-4-15-38)59-55(61-56)39-16-5-2-6-17-39/h3,7,10-16,19-20,24-25,29,32,36-37,40,42-53,55-56,61H,1-2,4-6,8-9,17-18,21-23,26-28,30-31,33-34H2,(H,59,60). The lowest BCUT2D eigenvalue weighted by Gasteiger charge is -2.63. The van der Waals surface area contributed by atoms with Crippen LogP contribution < -0.4 is 10.6 Å². The summed E-state index contributed by atoms with van der Waals surface area (Å²) in [7, 11) is 0. The summed E-state index contributed by atoms with van der Waals surface area (Å²) in [6, 6.07) is 2.74. The molecule has 10 aliphatic carbocycles. The van der Waals surface area contributed by atoms with E-state index in [0.717, 1.165) is 74.0 Å². The van der Waals surface area contributed by atoms with Crippen molar-refractivity contribution in [1.82, 2.24) is 10.6 Å². The van der Waals surface area contributed by atoms with E-state index in [1.165, 1.54) is 94.6 Å². The number of allylic oxidation sites excluding steroid dienone is 14. The van der Waals surface area contributed by atoms with Gasteiger partial charge < -0.3 is 10.1 Å². The molecule has 0 radical (unpaired) electrons. The van der Waals surface area contributed by atoms with Gasteiger partial charge in [0.25, 0.3) is 0 Å². The van der Waals surface area contributed by atoms with Gasteiger partial charge in [0, 0.05) is 5.57 Å². The molecule has 0 bridgehead atoms. The van der Waals surface area contributed by atoms with Crippen LogP contribution in [0.25, 0.3) is 0 Å². The fourth-order valence-electron chi connectivity index (χ4n) is 17.0. The van der Waals surface area contributed by atoms with Gasteiger partial charge in [-0.05, 0) is 210 Å². The summed E-state index contributed by atoms with van der Waals surface area (Å²) in [4.78, 5) is 5.33. The molecule has 2 N–H and O–H groups in total. The fraction of sp³-hybridized carbons (Fsp3) is 0.649. The number of nitrogens with zero attached hydrogens (tertiary/aromatic N) is 2. The summed E-state index contributed by atoms with van der Waals surface area (Å²) in [5.41, 5.74) is 4.62. The van der Waals surface area contributed by atoms with Crippen LogP contribution >= 0.6 is 0 Å². The molecule has 0 aromatic heterocycles. The fourth-order valence-corrected chi connectivity index (χ4v) is 17.0. The van der Waals surface area contributed by atoms with E-state index in [0.29, 0.717) is 47.5 Å². The number of amidine groups is 1. The monoisotopic (exact) mass is 829 g/mol. The third kappa shape index (κ3) is 6.85. The average Bonchev–Trinajstić information content (AvgIpc) is 3.65. The van der Waals surface area contributed by atoms with Crippen molar-refractivity contribution in [3.63, 3.8) is 0 Å². The first-order chi connectivity index (χ1) is 30.7. The summed E-state index contributed by atoms with van der Waals surface area (Å²) >= 11 is 0. The quantitative estimate of drug-likeness (QED) is 0.271. The second kappa shape index (κ2) is 16.8. The first-order valence-corrected chi connectivity index (χ1v) is 25.9. The van der Waals surface area contributed by atoms with Gasteiger partial charge in [-0.1, -0.05) is 91.1 Å². The van der Waals surface area contributed by atoms with E-state index >= 15 is 0 Å². The van der Waals surface area contributed by atoms with Crippen LogP contribution in [0.3, 0.4) is 0 Å². The van der Waals surface area contributed by atoms with Crippen LogP contribution in [0.5, 0.6) is 0 Å². The van der Waals surface area contributed by atoms with Gasteiger partial charge in [0.15, 0.2) is 0 Å². The Morgan fingerprint density at radius 1 is 0.710 bits per heavy atom. The van der Waals surface area contributed by atoms with Crippen LogP contribution in [0.15, 0.2) is 113 Å². The Hall–Kier alpha value is -3.46. The van der Waals surface area contributed by atoms with Crippen LogP contribution in [-0.4, -0.2) is 30.4 Å². The van der Waals surface area contributed by atoms with E-state index in [4.69, 9.17) is 9.73 Å². The molecular formula is C57H72N4O. The van der Waals surface area contributed by atoms with E-state index < -0.39 is 0 Å². The minimum absolute atomic E-state index is 0.0121. The lowest BCUT2D eigenvalue weighted by Crippen LogP contribution is -2.62. The lowest BCUT2D eigenvalue weighted by molar-refractivity contribution is -0.223. The molecule has 4 fully saturated rings. The zero-order valence-electron chi connectivity index (χ0n) is 37.2. The summed E-state index contributed by atoms with van der Waals surface area (Å²) in [6.07, 6.45) is 61.7. The molecule has 62 heavy (non-hydrogen) atoms. The van der Waals surface area contributed by atoms with E-state index in [1.807, 2.05) is 0 Å². The number of hydrogen-bond donors (Lipinski definition) is 2. The normalized spacial score (nSPS) is 47.6. The lowest BCUT2D eigenvalue weighted by atomic mass is 9.45. The molecule has 1 saturated heterocycles. The molecule has 2 heterocycles. The second-order valence-corrected chi connectivity index (χ2v) is 22.1. The summed E-state index contributed by atoms with van der Waals surface area (Å²) in [5.74, 6) is 8.92. The topological polar surface area (TPSA) is 69.4 Å². The average molecular weight is 829 g/mol. The molecule has 2 aliphatic heterocycles. The third-order valence-electron chi connectivity index (χ3n) is 19.4. The molecule has 5 heteroatoms. The Bertz CT molecular complexity index is 2090. The van der Waals surface area contributed by atoms with Crippen molar-refractivity contribution in [3.8, 4) is 6.07 Å². The number of nitriles is 1. The maximum Gasteiger partial charge on any atom is 0.131 e. The maximum absolute atomic E-state index is 10.4. The zero-order valence-corrected chi connectivity index (χ0v) is 37.2. The zero-order chi connectivity index (χ0) is 41.2. The van der Waals surface area contributed by atoms with Gasteiger partial charge in [-0.2, -0.15) is 5.26 Å². The molecule has 5 nitrogen and oxygen atoms in total. The molecule has 0 aromatic carbocycles. The van der Waals surface area contributed by atoms with Gasteiger partial charge in [-0.3, -0.25) is 5.32 Å². The van der Waals surface area contributed by atoms with Crippen LogP contribution in [-0.2, 0) is 4.74 Å². The van der Waals surface area contributed by atoms with Crippen molar-refractivity contribution in [2.45, 2.75) is 147 Å². The van der Waals surface area contributed by atoms with E-state index in [9.17, 15) is 5.26 Å². The number of nitrogens with one attached hydrogen (secondary N) is 2. The minimum atomic E-state index is 0.0121. The van der Waals surface area contributed by atoms with E-state index in [2.05, 4.69) is 108 Å². The van der Waals surface area contributed by atoms with Crippen molar-refractivity contribution in [1.29, 1.82) is 5.26 Å². The Kier molecular flexibility index (Phi) is 10.9. The third-order valence-corrected chi connectivity index (χ3v) is 19.4. The first kappa shape index (κ1) is 40.1. The van der Waals surface area contributed by atoms with Gasteiger partial charge in [-0.15, -0.1) is 0 Å². The largest absolute Gasteiger partial charge is 0.370 e. The number of hydrogen-bond acceptors (Lipinski definition) is 5. The van der Waals surface area contributed by atoms with Crippen molar-refractivity contribution >= 4 is 5.84 Å². The second-order valence-electron chi connectivity index (χ2n) is 22.1. The molecule has 18 atom stereocenters. The minimum Gasteiger partial charge on any atom is -0.370 e. The molecule has 18 unspecified atom stereocenters. The predicted octanol–water partition coefficient (Wildman–Crippen LogP) is 12.2. The molecule has 3 saturated carbocycles. The van der Waals surface area contributed by atoms with Crippen molar-refractivity contribution in [2.75, 3.05) is 0 Å².